The summed E-state index contributed by atoms with van der Waals surface area (Å²) in [6, 6.07) is 15.2. The number of carbonyl (C=O) groups is 1. The molecule has 196 valence electrons. The first-order chi connectivity index (χ1) is 17.4. The second-order valence-electron chi connectivity index (χ2n) is 8.19. The topological polar surface area (TPSA) is 131 Å². The molecule has 3 aromatic rings. The summed E-state index contributed by atoms with van der Waals surface area (Å²) < 4.78 is 65.0. The van der Waals surface area contributed by atoms with Crippen LogP contribution in [-0.4, -0.2) is 48.3 Å². The van der Waals surface area contributed by atoms with Crippen molar-refractivity contribution in [2.45, 2.75) is 17.9 Å². The number of carbonyl (C=O) groups excluding carboxylic acids is 1. The molecule has 0 aromatic heterocycles. The highest BCUT2D eigenvalue weighted by Gasteiger charge is 2.30. The molecule has 0 unspecified atom stereocenters. The van der Waals surface area contributed by atoms with Crippen molar-refractivity contribution < 1.29 is 31.1 Å². The van der Waals surface area contributed by atoms with Crippen molar-refractivity contribution >= 4 is 54.6 Å². The molecule has 37 heavy (non-hydrogen) atoms. The SMILES string of the molecule is C[C@H](C(=O)Nc1ccc(S(=O)(=O)Nc2ccc(Cl)cc2)cc1)N(c1ccc2c(c1)OCCO2)S(C)(=O)=O. The third-order valence-electron chi connectivity index (χ3n) is 5.40. The van der Waals surface area contributed by atoms with E-state index >= 15 is 0 Å². The quantitative estimate of drug-likeness (QED) is 0.425. The number of rotatable bonds is 8. The van der Waals surface area contributed by atoms with Gasteiger partial charge in [0, 0.05) is 22.5 Å². The van der Waals surface area contributed by atoms with Gasteiger partial charge < -0.3 is 14.8 Å². The Kier molecular flexibility index (Phi) is 7.53. The van der Waals surface area contributed by atoms with Crippen molar-refractivity contribution in [2.24, 2.45) is 0 Å². The molecule has 1 aliphatic heterocycles. The van der Waals surface area contributed by atoms with Gasteiger partial charge in [-0.05, 0) is 67.6 Å². The number of sulfonamides is 2. The Morgan fingerprint density at radius 3 is 2.11 bits per heavy atom. The van der Waals surface area contributed by atoms with Crippen LogP contribution >= 0.6 is 11.6 Å². The van der Waals surface area contributed by atoms with Crippen molar-refractivity contribution in [2.75, 3.05) is 33.8 Å². The smallest absolute Gasteiger partial charge is 0.261 e. The second-order valence-corrected chi connectivity index (χ2v) is 12.2. The Bertz CT molecular complexity index is 1510. The number of hydrogen-bond donors (Lipinski definition) is 2. The maximum atomic E-state index is 13.0. The van der Waals surface area contributed by atoms with Gasteiger partial charge in [-0.1, -0.05) is 11.6 Å². The fourth-order valence-electron chi connectivity index (χ4n) is 3.67. The zero-order valence-corrected chi connectivity index (χ0v) is 22.2. The van der Waals surface area contributed by atoms with Crippen LogP contribution in [0.3, 0.4) is 0 Å². The highest BCUT2D eigenvalue weighted by molar-refractivity contribution is 7.92. The van der Waals surface area contributed by atoms with Gasteiger partial charge in [-0.3, -0.25) is 13.8 Å². The number of benzene rings is 3. The zero-order chi connectivity index (χ0) is 26.8. The van der Waals surface area contributed by atoms with Crippen LogP contribution < -0.4 is 23.8 Å². The minimum absolute atomic E-state index is 0.0254. The molecule has 10 nitrogen and oxygen atoms in total. The van der Waals surface area contributed by atoms with Gasteiger partial charge in [-0.2, -0.15) is 0 Å². The Hall–Kier alpha value is -3.48. The molecule has 0 saturated carbocycles. The molecule has 13 heteroatoms. The Morgan fingerprint density at radius 2 is 1.49 bits per heavy atom. The van der Waals surface area contributed by atoms with Gasteiger partial charge in [0.15, 0.2) is 11.5 Å². The predicted octanol–water partition coefficient (Wildman–Crippen LogP) is 3.71. The van der Waals surface area contributed by atoms with Gasteiger partial charge in [0.2, 0.25) is 15.9 Å². The van der Waals surface area contributed by atoms with E-state index in [1.807, 2.05) is 0 Å². The van der Waals surface area contributed by atoms with Crippen molar-refractivity contribution in [3.63, 3.8) is 0 Å². The molecule has 0 fully saturated rings. The summed E-state index contributed by atoms with van der Waals surface area (Å²) in [6.07, 6.45) is 1.00. The average Bonchev–Trinajstić information content (AvgIpc) is 2.85. The number of nitrogens with zero attached hydrogens (tertiary/aromatic N) is 1. The van der Waals surface area contributed by atoms with Crippen LogP contribution in [0, 0.1) is 0 Å². The van der Waals surface area contributed by atoms with Gasteiger partial charge in [0.1, 0.15) is 19.3 Å². The normalized spacial score (nSPS) is 13.9. The summed E-state index contributed by atoms with van der Waals surface area (Å²) in [7, 11) is -7.74. The highest BCUT2D eigenvalue weighted by Crippen LogP contribution is 2.35. The minimum Gasteiger partial charge on any atom is -0.486 e. The van der Waals surface area contributed by atoms with Crippen LogP contribution in [0.5, 0.6) is 11.5 Å². The lowest BCUT2D eigenvalue weighted by atomic mass is 10.2. The van der Waals surface area contributed by atoms with E-state index in [9.17, 15) is 21.6 Å². The van der Waals surface area contributed by atoms with Crippen LogP contribution in [-0.2, 0) is 24.8 Å². The summed E-state index contributed by atoms with van der Waals surface area (Å²) in [6.45, 7) is 2.16. The van der Waals surface area contributed by atoms with E-state index in [0.29, 0.717) is 35.4 Å². The van der Waals surface area contributed by atoms with E-state index in [-0.39, 0.29) is 16.3 Å². The summed E-state index contributed by atoms with van der Waals surface area (Å²) in [4.78, 5) is 13.0. The van der Waals surface area contributed by atoms with Crippen LogP contribution in [0.25, 0.3) is 0 Å². The van der Waals surface area contributed by atoms with E-state index in [4.69, 9.17) is 21.1 Å². The van der Waals surface area contributed by atoms with Gasteiger partial charge in [-0.25, -0.2) is 16.8 Å². The monoisotopic (exact) mass is 565 g/mol. The standard InChI is InChI=1S/C24H24ClN3O7S2/c1-16(28(36(2,30)31)20-9-12-22-23(15-20)35-14-13-34-22)24(29)26-18-7-10-21(11-8-18)37(32,33)27-19-5-3-17(25)4-6-19/h3-12,15-16,27H,13-14H2,1-2H3,(H,26,29)/t16-/m1/s1. The van der Waals surface area contributed by atoms with Gasteiger partial charge in [0.05, 0.1) is 16.8 Å². The second kappa shape index (κ2) is 10.5. The highest BCUT2D eigenvalue weighted by atomic mass is 35.5. The summed E-state index contributed by atoms with van der Waals surface area (Å²) in [5, 5.41) is 3.10. The fourth-order valence-corrected chi connectivity index (χ4v) is 6.03. The van der Waals surface area contributed by atoms with Gasteiger partial charge in [0.25, 0.3) is 10.0 Å². The van der Waals surface area contributed by atoms with E-state index in [2.05, 4.69) is 10.0 Å². The third kappa shape index (κ3) is 6.27. The van der Waals surface area contributed by atoms with Crippen molar-refractivity contribution in [1.29, 1.82) is 0 Å². The molecule has 1 aliphatic rings. The molecular weight excluding hydrogens is 542 g/mol. The van der Waals surface area contributed by atoms with Crippen LogP contribution in [0.2, 0.25) is 5.02 Å². The molecule has 1 atom stereocenters. The molecular formula is C24H24ClN3O7S2. The van der Waals surface area contributed by atoms with Crippen LogP contribution in [0.1, 0.15) is 6.92 Å². The molecule has 0 radical (unpaired) electrons. The predicted molar refractivity (Wildman–Crippen MR) is 142 cm³/mol. The summed E-state index contributed by atoms with van der Waals surface area (Å²) >= 11 is 5.83. The molecule has 4 rings (SSSR count). The summed E-state index contributed by atoms with van der Waals surface area (Å²) in [5.41, 5.74) is 0.873. The van der Waals surface area contributed by atoms with E-state index in [1.54, 1.807) is 18.2 Å². The molecule has 0 bridgehead atoms. The van der Waals surface area contributed by atoms with Crippen molar-refractivity contribution in [1.82, 2.24) is 0 Å². The number of ether oxygens (including phenoxy) is 2. The average molecular weight is 566 g/mol. The lowest BCUT2D eigenvalue weighted by Gasteiger charge is -2.29. The fraction of sp³-hybridized carbons (Fsp3) is 0.208. The Morgan fingerprint density at radius 1 is 0.892 bits per heavy atom. The number of amides is 1. The van der Waals surface area contributed by atoms with Crippen LogP contribution in [0.15, 0.2) is 71.6 Å². The lowest BCUT2D eigenvalue weighted by Crippen LogP contribution is -2.45. The molecule has 1 amide bonds. The molecule has 0 spiro atoms. The number of anilines is 3. The zero-order valence-electron chi connectivity index (χ0n) is 19.8. The first kappa shape index (κ1) is 26.6. The maximum absolute atomic E-state index is 13.0. The Labute approximate surface area is 220 Å². The first-order valence-electron chi connectivity index (χ1n) is 11.0. The number of hydrogen-bond acceptors (Lipinski definition) is 7. The molecule has 0 saturated heterocycles. The number of nitrogens with one attached hydrogen (secondary N) is 2. The maximum Gasteiger partial charge on any atom is 0.261 e. The van der Waals surface area contributed by atoms with Gasteiger partial charge >= 0.3 is 0 Å². The largest absolute Gasteiger partial charge is 0.486 e. The number of halogens is 1. The van der Waals surface area contributed by atoms with E-state index in [0.717, 1.165) is 10.6 Å². The molecule has 0 aliphatic carbocycles. The molecule has 2 N–H and O–H groups in total. The summed E-state index contributed by atoms with van der Waals surface area (Å²) in [5.74, 6) is 0.255. The van der Waals surface area contributed by atoms with E-state index < -0.39 is 32.0 Å². The number of fused-ring (bicyclic) bond motifs is 1. The Balaban J connectivity index is 1.49. The first-order valence-corrected chi connectivity index (χ1v) is 14.7. The molecule has 3 aromatic carbocycles. The lowest BCUT2D eigenvalue weighted by molar-refractivity contribution is -0.116. The molecule has 1 heterocycles. The van der Waals surface area contributed by atoms with E-state index in [1.165, 1.54) is 55.5 Å². The third-order valence-corrected chi connectivity index (χ3v) is 8.29. The minimum atomic E-state index is -3.88. The van der Waals surface area contributed by atoms with Gasteiger partial charge in [-0.15, -0.1) is 0 Å². The van der Waals surface area contributed by atoms with Crippen molar-refractivity contribution in [3.05, 3.63) is 71.8 Å². The van der Waals surface area contributed by atoms with Crippen LogP contribution in [0.4, 0.5) is 17.1 Å². The van der Waals surface area contributed by atoms with Crippen molar-refractivity contribution in [3.8, 4) is 11.5 Å².